The number of pyridine rings is 1. The number of rotatable bonds is 3. The molecule has 30 heavy (non-hydrogen) atoms. The second-order valence-electron chi connectivity index (χ2n) is 7.66. The van der Waals surface area contributed by atoms with Crippen molar-refractivity contribution in [1.82, 2.24) is 20.1 Å². The summed E-state index contributed by atoms with van der Waals surface area (Å²) in [5.74, 6) is 0.572. The molecule has 0 amide bonds. The number of aliphatic hydroxyl groups is 1. The summed E-state index contributed by atoms with van der Waals surface area (Å²) >= 11 is 1.60. The van der Waals surface area contributed by atoms with Gasteiger partial charge < -0.3 is 14.6 Å². The molecule has 0 bridgehead atoms. The Labute approximate surface area is 176 Å². The van der Waals surface area contributed by atoms with Crippen LogP contribution in [0, 0.1) is 6.92 Å². The monoisotopic (exact) mass is 414 g/mol. The summed E-state index contributed by atoms with van der Waals surface area (Å²) in [5, 5.41) is 19.5. The van der Waals surface area contributed by atoms with Gasteiger partial charge in [0.25, 0.3) is 0 Å². The number of aromatic nitrogens is 4. The number of aromatic amines is 1. The lowest BCUT2D eigenvalue weighted by Gasteiger charge is -2.22. The fraction of sp³-hybridized carbons (Fsp3) is 0.174. The first kappa shape index (κ1) is 17.6. The zero-order valence-corrected chi connectivity index (χ0v) is 17.0. The first-order valence-corrected chi connectivity index (χ1v) is 10.7. The minimum atomic E-state index is -1.14. The first-order chi connectivity index (χ1) is 14.6. The number of fused-ring (bicyclic) bond motifs is 2. The second kappa shape index (κ2) is 6.35. The zero-order valence-electron chi connectivity index (χ0n) is 16.2. The minimum Gasteiger partial charge on any atom is -0.377 e. The molecule has 6 rings (SSSR count). The second-order valence-corrected chi connectivity index (χ2v) is 8.51. The molecule has 0 radical (unpaired) electrons. The number of H-pyrrole nitrogens is 1. The smallest absolute Gasteiger partial charge is 0.176 e. The van der Waals surface area contributed by atoms with Crippen molar-refractivity contribution in [3.8, 4) is 21.8 Å². The molecule has 4 heterocycles. The summed E-state index contributed by atoms with van der Waals surface area (Å²) < 4.78 is 5.49. The number of nitrogens with one attached hydrogen (secondary N) is 1. The van der Waals surface area contributed by atoms with Crippen molar-refractivity contribution in [2.24, 2.45) is 0 Å². The quantitative estimate of drug-likeness (QED) is 0.441. The van der Waals surface area contributed by atoms with Crippen molar-refractivity contribution in [2.75, 3.05) is 0 Å². The van der Waals surface area contributed by atoms with E-state index in [4.69, 9.17) is 9.51 Å². The summed E-state index contributed by atoms with van der Waals surface area (Å²) in [4.78, 5) is 12.4. The highest BCUT2D eigenvalue weighted by Gasteiger charge is 2.43. The molecule has 4 aromatic heterocycles. The maximum atomic E-state index is 11.4. The Morgan fingerprint density at radius 1 is 1.23 bits per heavy atom. The van der Waals surface area contributed by atoms with Gasteiger partial charge in [0, 0.05) is 39.9 Å². The fourth-order valence-electron chi connectivity index (χ4n) is 4.30. The summed E-state index contributed by atoms with van der Waals surface area (Å²) in [6, 6.07) is 11.9. The summed E-state index contributed by atoms with van der Waals surface area (Å²) in [7, 11) is 0. The Morgan fingerprint density at radius 2 is 2.17 bits per heavy atom. The molecule has 1 aromatic carbocycles. The zero-order chi connectivity index (χ0) is 20.3. The van der Waals surface area contributed by atoms with Crippen LogP contribution in [0.4, 0.5) is 0 Å². The Balaban J connectivity index is 1.39. The number of nitrogens with zero attached hydrogens (tertiary/aromatic N) is 3. The number of hydrogen-bond acceptors (Lipinski definition) is 6. The Hall–Kier alpha value is -3.29. The molecule has 1 atom stereocenters. The molecule has 0 spiro atoms. The number of aryl methyl sites for hydroxylation is 1. The number of hydrogen-bond donors (Lipinski definition) is 2. The lowest BCUT2D eigenvalue weighted by atomic mass is 9.90. The van der Waals surface area contributed by atoms with Gasteiger partial charge in [0.2, 0.25) is 0 Å². The highest BCUT2D eigenvalue weighted by Crippen LogP contribution is 2.44. The van der Waals surface area contributed by atoms with E-state index in [2.05, 4.69) is 15.1 Å². The molecule has 1 aliphatic rings. The lowest BCUT2D eigenvalue weighted by molar-refractivity contribution is 0.0534. The van der Waals surface area contributed by atoms with Gasteiger partial charge in [-0.15, -0.1) is 11.3 Å². The third-order valence-corrected chi connectivity index (χ3v) is 6.79. The van der Waals surface area contributed by atoms with Crippen LogP contribution in [0.2, 0.25) is 0 Å². The Kier molecular flexibility index (Phi) is 3.72. The van der Waals surface area contributed by atoms with Crippen molar-refractivity contribution in [3.05, 3.63) is 76.8 Å². The van der Waals surface area contributed by atoms with Crippen molar-refractivity contribution in [2.45, 2.75) is 25.4 Å². The topological polar surface area (TPSA) is 87.8 Å². The number of benzene rings is 1. The van der Waals surface area contributed by atoms with E-state index in [0.717, 1.165) is 56.1 Å². The van der Waals surface area contributed by atoms with Gasteiger partial charge >= 0.3 is 0 Å². The van der Waals surface area contributed by atoms with E-state index in [1.54, 1.807) is 17.5 Å². The molecule has 0 aliphatic heterocycles. The van der Waals surface area contributed by atoms with Crippen LogP contribution in [0.5, 0.6) is 0 Å². The third kappa shape index (κ3) is 2.49. The van der Waals surface area contributed by atoms with Gasteiger partial charge in [0.05, 0.1) is 11.4 Å². The van der Waals surface area contributed by atoms with Crippen LogP contribution in [-0.2, 0) is 12.0 Å². The Morgan fingerprint density at radius 3 is 3.10 bits per heavy atom. The van der Waals surface area contributed by atoms with Crippen LogP contribution in [0.3, 0.4) is 0 Å². The highest BCUT2D eigenvalue weighted by atomic mass is 32.1. The summed E-state index contributed by atoms with van der Waals surface area (Å²) in [6.07, 6.45) is 5.09. The standard InChI is InChI=1S/C23H18N4O2S/c1-13-16-7-8-23(28,20(16)29-27-13)15-5-2-4-14(10-15)19-12-30-22(26-19)18-11-25-21-17(18)6-3-9-24-21/h2-6,9-12,28H,7-8H2,1H3,(H,24,25). The van der Waals surface area contributed by atoms with Crippen molar-refractivity contribution in [1.29, 1.82) is 0 Å². The van der Waals surface area contributed by atoms with Gasteiger partial charge in [-0.1, -0.05) is 23.4 Å². The molecule has 5 aromatic rings. The van der Waals surface area contributed by atoms with Crippen LogP contribution in [0.25, 0.3) is 32.9 Å². The van der Waals surface area contributed by atoms with Crippen LogP contribution in [0.1, 0.15) is 29.0 Å². The maximum absolute atomic E-state index is 11.4. The van der Waals surface area contributed by atoms with E-state index in [9.17, 15) is 5.11 Å². The van der Waals surface area contributed by atoms with E-state index < -0.39 is 5.60 Å². The molecule has 7 heteroatoms. The third-order valence-electron chi connectivity index (χ3n) is 5.92. The largest absolute Gasteiger partial charge is 0.377 e. The van der Waals surface area contributed by atoms with Gasteiger partial charge in [0.15, 0.2) is 11.4 Å². The average molecular weight is 414 g/mol. The highest BCUT2D eigenvalue weighted by molar-refractivity contribution is 7.13. The first-order valence-electron chi connectivity index (χ1n) is 9.80. The molecule has 1 unspecified atom stereocenters. The van der Waals surface area contributed by atoms with E-state index >= 15 is 0 Å². The van der Waals surface area contributed by atoms with Gasteiger partial charge in [-0.2, -0.15) is 0 Å². The van der Waals surface area contributed by atoms with E-state index in [0.29, 0.717) is 12.2 Å². The number of thiazole rings is 1. The van der Waals surface area contributed by atoms with Crippen molar-refractivity contribution in [3.63, 3.8) is 0 Å². The van der Waals surface area contributed by atoms with E-state index in [-0.39, 0.29) is 0 Å². The van der Waals surface area contributed by atoms with Crippen molar-refractivity contribution < 1.29 is 9.63 Å². The predicted molar refractivity (Wildman–Crippen MR) is 115 cm³/mol. The molecule has 2 N–H and O–H groups in total. The summed E-state index contributed by atoms with van der Waals surface area (Å²) in [5.41, 5.74) is 5.28. The van der Waals surface area contributed by atoms with E-state index in [1.165, 1.54) is 0 Å². The average Bonchev–Trinajstić information content (AvgIpc) is 3.54. The molecule has 0 fully saturated rings. The molecular formula is C23H18N4O2S. The fourth-order valence-corrected chi connectivity index (χ4v) is 5.16. The molecule has 0 saturated carbocycles. The van der Waals surface area contributed by atoms with Crippen molar-refractivity contribution >= 4 is 22.4 Å². The summed E-state index contributed by atoms with van der Waals surface area (Å²) in [6.45, 7) is 1.92. The van der Waals surface area contributed by atoms with Crippen LogP contribution < -0.4 is 0 Å². The molecule has 0 saturated heterocycles. The molecule has 148 valence electrons. The van der Waals surface area contributed by atoms with Gasteiger partial charge in [-0.3, -0.25) is 0 Å². The minimum absolute atomic E-state index is 0.572. The van der Waals surface area contributed by atoms with Gasteiger partial charge in [-0.05, 0) is 43.5 Å². The van der Waals surface area contributed by atoms with Crippen LogP contribution in [0.15, 0.2) is 58.7 Å². The molecule has 1 aliphatic carbocycles. The SMILES string of the molecule is Cc1noc2c1CCC2(O)c1cccc(-c2csc(-c3c[nH]c4ncccc34)n2)c1. The normalized spacial score (nSPS) is 18.2. The van der Waals surface area contributed by atoms with Crippen LogP contribution >= 0.6 is 11.3 Å². The molecular weight excluding hydrogens is 396 g/mol. The van der Waals surface area contributed by atoms with Gasteiger partial charge in [0.1, 0.15) is 10.7 Å². The van der Waals surface area contributed by atoms with E-state index in [1.807, 2.05) is 54.9 Å². The van der Waals surface area contributed by atoms with Gasteiger partial charge in [-0.25, -0.2) is 9.97 Å². The van der Waals surface area contributed by atoms with Crippen LogP contribution in [-0.4, -0.2) is 25.2 Å². The molecule has 6 nitrogen and oxygen atoms in total. The Bertz CT molecular complexity index is 1400. The lowest BCUT2D eigenvalue weighted by Crippen LogP contribution is -2.23. The predicted octanol–water partition coefficient (Wildman–Crippen LogP) is 4.83. The maximum Gasteiger partial charge on any atom is 0.176 e.